The lowest BCUT2D eigenvalue weighted by Gasteiger charge is -2.11. The van der Waals surface area contributed by atoms with Crippen molar-refractivity contribution < 1.29 is 22.7 Å². The summed E-state index contributed by atoms with van der Waals surface area (Å²) in [6, 6.07) is 7.18. The highest BCUT2D eigenvalue weighted by Crippen LogP contribution is 2.30. The number of hydrogen-bond acceptors (Lipinski definition) is 4. The van der Waals surface area contributed by atoms with Gasteiger partial charge in [0.05, 0.1) is 29.9 Å². The molecule has 0 spiro atoms. The molecule has 0 aliphatic heterocycles. The fourth-order valence-electron chi connectivity index (χ4n) is 1.77. The zero-order chi connectivity index (χ0) is 17.7. The number of alkyl halides is 3. The predicted molar refractivity (Wildman–Crippen MR) is 81.5 cm³/mol. The van der Waals surface area contributed by atoms with E-state index in [9.17, 15) is 18.0 Å². The number of carbonyl (C=O) groups excluding carboxylic acids is 1. The lowest BCUT2D eigenvalue weighted by atomic mass is 10.2. The standard InChI is InChI=1S/C15H13ClF3N3O2/c1-24-11-4-2-9(3-5-11)14(23)22-21-8-13-12(16)6-10(7-20-13)15(17,18)19/h2-7,21H,8H2,1H3,(H,22,23). The number of carbonyl (C=O) groups is 1. The van der Waals surface area contributed by atoms with Crippen LogP contribution in [0.4, 0.5) is 13.2 Å². The van der Waals surface area contributed by atoms with E-state index in [1.807, 2.05) is 0 Å². The minimum Gasteiger partial charge on any atom is -0.497 e. The topological polar surface area (TPSA) is 63.2 Å². The first-order valence-electron chi connectivity index (χ1n) is 6.70. The second-order valence-electron chi connectivity index (χ2n) is 4.69. The Bertz CT molecular complexity index is 721. The van der Waals surface area contributed by atoms with Gasteiger partial charge in [0.25, 0.3) is 5.91 Å². The maximum absolute atomic E-state index is 12.5. The second-order valence-corrected chi connectivity index (χ2v) is 5.09. The van der Waals surface area contributed by atoms with Gasteiger partial charge in [-0.2, -0.15) is 13.2 Å². The smallest absolute Gasteiger partial charge is 0.417 e. The third-order valence-corrected chi connectivity index (χ3v) is 3.38. The van der Waals surface area contributed by atoms with Crippen LogP contribution in [0.25, 0.3) is 0 Å². The molecule has 2 N–H and O–H groups in total. The molecule has 2 aromatic rings. The number of benzene rings is 1. The monoisotopic (exact) mass is 359 g/mol. The SMILES string of the molecule is COc1ccc(C(=O)NNCc2ncc(C(F)(F)F)cc2Cl)cc1. The summed E-state index contributed by atoms with van der Waals surface area (Å²) in [6.45, 7) is -0.0289. The van der Waals surface area contributed by atoms with Gasteiger partial charge in [0.15, 0.2) is 0 Å². The number of amides is 1. The molecule has 1 aromatic heterocycles. The quantitative estimate of drug-likeness (QED) is 0.805. The van der Waals surface area contributed by atoms with Gasteiger partial charge in [0.1, 0.15) is 5.75 Å². The minimum atomic E-state index is -4.51. The van der Waals surface area contributed by atoms with Crippen molar-refractivity contribution in [3.63, 3.8) is 0 Å². The van der Waals surface area contributed by atoms with Gasteiger partial charge in [-0.1, -0.05) is 11.6 Å². The van der Waals surface area contributed by atoms with Crippen LogP contribution in [0.15, 0.2) is 36.5 Å². The highest BCUT2D eigenvalue weighted by molar-refractivity contribution is 6.31. The number of rotatable bonds is 5. The summed E-state index contributed by atoms with van der Waals surface area (Å²) in [5, 5.41) is -0.143. The molecular formula is C15H13ClF3N3O2. The van der Waals surface area contributed by atoms with Crippen molar-refractivity contribution in [2.24, 2.45) is 0 Å². The predicted octanol–water partition coefficient (Wildman–Crippen LogP) is 3.20. The third kappa shape index (κ3) is 4.59. The summed E-state index contributed by atoms with van der Waals surface area (Å²) in [4.78, 5) is 15.5. The molecule has 1 heterocycles. The minimum absolute atomic E-state index is 0.0289. The molecule has 0 atom stereocenters. The number of nitrogens with zero attached hydrogens (tertiary/aromatic N) is 1. The second kappa shape index (κ2) is 7.50. The van der Waals surface area contributed by atoms with E-state index in [1.54, 1.807) is 24.3 Å². The average Bonchev–Trinajstić information content (AvgIpc) is 2.55. The van der Waals surface area contributed by atoms with Gasteiger partial charge in [-0.25, -0.2) is 5.43 Å². The van der Waals surface area contributed by atoms with Crippen molar-refractivity contribution in [1.82, 2.24) is 15.8 Å². The molecule has 2 rings (SSSR count). The Balaban J connectivity index is 1.92. The van der Waals surface area contributed by atoms with E-state index in [0.29, 0.717) is 17.5 Å². The van der Waals surface area contributed by atoms with Crippen LogP contribution in [0.3, 0.4) is 0 Å². The highest BCUT2D eigenvalue weighted by atomic mass is 35.5. The molecule has 9 heteroatoms. The van der Waals surface area contributed by atoms with Gasteiger partial charge in [0.2, 0.25) is 0 Å². The van der Waals surface area contributed by atoms with Crippen LogP contribution in [0.2, 0.25) is 5.02 Å². The third-order valence-electron chi connectivity index (χ3n) is 3.05. The van der Waals surface area contributed by atoms with Crippen LogP contribution >= 0.6 is 11.6 Å². The lowest BCUT2D eigenvalue weighted by molar-refractivity contribution is -0.137. The van der Waals surface area contributed by atoms with E-state index >= 15 is 0 Å². The zero-order valence-electron chi connectivity index (χ0n) is 12.4. The molecule has 0 unspecified atom stereocenters. The molecule has 1 amide bonds. The molecule has 0 aliphatic rings. The number of hydrazine groups is 1. The Morgan fingerprint density at radius 1 is 1.29 bits per heavy atom. The Labute approximate surface area is 140 Å². The molecule has 0 saturated carbocycles. The largest absolute Gasteiger partial charge is 0.497 e. The molecule has 24 heavy (non-hydrogen) atoms. The Kier molecular flexibility index (Phi) is 5.63. The number of nitrogens with one attached hydrogen (secondary N) is 2. The Morgan fingerprint density at radius 3 is 2.50 bits per heavy atom. The van der Waals surface area contributed by atoms with Crippen LogP contribution < -0.4 is 15.6 Å². The first-order chi connectivity index (χ1) is 11.3. The lowest BCUT2D eigenvalue weighted by Crippen LogP contribution is -2.37. The Hall–Kier alpha value is -2.32. The van der Waals surface area contributed by atoms with Crippen molar-refractivity contribution in [3.8, 4) is 5.75 Å². The number of hydrogen-bond donors (Lipinski definition) is 2. The fraction of sp³-hybridized carbons (Fsp3) is 0.200. The van der Waals surface area contributed by atoms with Crippen LogP contribution in [-0.4, -0.2) is 18.0 Å². The van der Waals surface area contributed by atoms with E-state index < -0.39 is 17.6 Å². The summed E-state index contributed by atoms with van der Waals surface area (Å²) in [5.74, 6) is 0.195. The first-order valence-corrected chi connectivity index (χ1v) is 7.08. The fourth-order valence-corrected chi connectivity index (χ4v) is 2.01. The molecule has 5 nitrogen and oxygen atoms in total. The van der Waals surface area contributed by atoms with Crippen LogP contribution in [-0.2, 0) is 12.7 Å². The molecule has 1 aromatic carbocycles. The van der Waals surface area contributed by atoms with E-state index in [0.717, 1.165) is 6.07 Å². The number of methoxy groups -OCH3 is 1. The summed E-state index contributed by atoms with van der Waals surface area (Å²) < 4.78 is 42.5. The van der Waals surface area contributed by atoms with Gasteiger partial charge in [-0.3, -0.25) is 15.2 Å². The van der Waals surface area contributed by atoms with Crippen molar-refractivity contribution in [3.05, 3.63) is 58.4 Å². The van der Waals surface area contributed by atoms with Crippen LogP contribution in [0.1, 0.15) is 21.6 Å². The van der Waals surface area contributed by atoms with Crippen molar-refractivity contribution in [2.75, 3.05) is 7.11 Å². The van der Waals surface area contributed by atoms with E-state index in [-0.39, 0.29) is 17.3 Å². The average molecular weight is 360 g/mol. The molecular weight excluding hydrogens is 347 g/mol. The summed E-state index contributed by atoms with van der Waals surface area (Å²) in [5.41, 5.74) is 4.61. The molecule has 0 saturated heterocycles. The summed E-state index contributed by atoms with van der Waals surface area (Å²) in [6.07, 6.45) is -3.82. The summed E-state index contributed by atoms with van der Waals surface area (Å²) in [7, 11) is 1.51. The molecule has 0 fully saturated rings. The van der Waals surface area contributed by atoms with Gasteiger partial charge < -0.3 is 4.74 Å². The summed E-state index contributed by atoms with van der Waals surface area (Å²) >= 11 is 5.77. The number of pyridine rings is 1. The molecule has 128 valence electrons. The van der Waals surface area contributed by atoms with Crippen molar-refractivity contribution >= 4 is 17.5 Å². The molecule has 0 radical (unpaired) electrons. The maximum Gasteiger partial charge on any atom is 0.417 e. The van der Waals surface area contributed by atoms with Gasteiger partial charge in [0, 0.05) is 11.8 Å². The van der Waals surface area contributed by atoms with Gasteiger partial charge in [-0.15, -0.1) is 0 Å². The van der Waals surface area contributed by atoms with Crippen molar-refractivity contribution in [1.29, 1.82) is 0 Å². The van der Waals surface area contributed by atoms with Gasteiger partial charge >= 0.3 is 6.18 Å². The number of aromatic nitrogens is 1. The normalized spacial score (nSPS) is 11.2. The highest BCUT2D eigenvalue weighted by Gasteiger charge is 2.31. The van der Waals surface area contributed by atoms with E-state index in [1.165, 1.54) is 7.11 Å². The van der Waals surface area contributed by atoms with Gasteiger partial charge in [-0.05, 0) is 30.3 Å². The van der Waals surface area contributed by atoms with Crippen molar-refractivity contribution in [2.45, 2.75) is 12.7 Å². The molecule has 0 aliphatic carbocycles. The van der Waals surface area contributed by atoms with E-state index in [4.69, 9.17) is 16.3 Å². The Morgan fingerprint density at radius 2 is 1.96 bits per heavy atom. The molecule has 0 bridgehead atoms. The van der Waals surface area contributed by atoms with Crippen LogP contribution in [0.5, 0.6) is 5.75 Å². The zero-order valence-corrected chi connectivity index (χ0v) is 13.2. The first kappa shape index (κ1) is 18.0. The van der Waals surface area contributed by atoms with E-state index in [2.05, 4.69) is 15.8 Å². The van der Waals surface area contributed by atoms with Crippen LogP contribution in [0, 0.1) is 0 Å². The number of ether oxygens (including phenoxy) is 1. The maximum atomic E-state index is 12.5. The number of halogens is 4.